The lowest BCUT2D eigenvalue weighted by Gasteiger charge is -2.09. The fourth-order valence-electron chi connectivity index (χ4n) is 2.57. The maximum atomic E-state index is 11.2. The first-order valence-corrected chi connectivity index (χ1v) is 7.63. The van der Waals surface area contributed by atoms with Crippen LogP contribution in [0.5, 0.6) is 0 Å². The number of benzene rings is 2. The molecule has 0 unspecified atom stereocenters. The van der Waals surface area contributed by atoms with Crippen molar-refractivity contribution >= 4 is 12.0 Å². The number of rotatable bonds is 4. The summed E-state index contributed by atoms with van der Waals surface area (Å²) in [4.78, 5) is 15.2. The molecule has 0 fully saturated rings. The molecule has 0 aliphatic heterocycles. The Bertz CT molecular complexity index is 863. The van der Waals surface area contributed by atoms with Gasteiger partial charge in [0, 0.05) is 24.2 Å². The van der Waals surface area contributed by atoms with Gasteiger partial charge in [-0.2, -0.15) is 0 Å². The highest BCUT2D eigenvalue weighted by molar-refractivity contribution is 5.87. The molecule has 0 amide bonds. The molecule has 0 aliphatic carbocycles. The van der Waals surface area contributed by atoms with Gasteiger partial charge < -0.3 is 9.30 Å². The van der Waals surface area contributed by atoms with Crippen LogP contribution < -0.4 is 0 Å². The van der Waals surface area contributed by atoms with E-state index in [4.69, 9.17) is 0 Å². The highest BCUT2D eigenvalue weighted by atomic mass is 16.5. The minimum atomic E-state index is -0.355. The van der Waals surface area contributed by atoms with E-state index in [0.717, 1.165) is 22.4 Å². The molecule has 3 aromatic rings. The van der Waals surface area contributed by atoms with E-state index in [-0.39, 0.29) is 5.97 Å². The summed E-state index contributed by atoms with van der Waals surface area (Å²) < 4.78 is 6.57. The average Bonchev–Trinajstić information content (AvgIpc) is 3.14. The van der Waals surface area contributed by atoms with Gasteiger partial charge in [-0.1, -0.05) is 30.3 Å². The van der Waals surface area contributed by atoms with Crippen LogP contribution in [0.4, 0.5) is 0 Å². The number of hydrogen-bond donors (Lipinski definition) is 0. The molecular formula is C20H18N2O2. The fraction of sp³-hybridized carbons (Fsp3) is 0.100. The van der Waals surface area contributed by atoms with Gasteiger partial charge in [0.1, 0.15) is 0 Å². The van der Waals surface area contributed by atoms with Crippen molar-refractivity contribution in [3.8, 4) is 16.8 Å². The summed E-state index contributed by atoms with van der Waals surface area (Å²) in [5.74, 6) is -0.355. The van der Waals surface area contributed by atoms with Crippen molar-refractivity contribution in [2.45, 2.75) is 6.92 Å². The van der Waals surface area contributed by atoms with E-state index >= 15 is 0 Å². The average molecular weight is 318 g/mol. The molecule has 0 bridgehead atoms. The summed E-state index contributed by atoms with van der Waals surface area (Å²) in [6.45, 7) is 2.06. The molecule has 1 aromatic heterocycles. The molecule has 24 heavy (non-hydrogen) atoms. The first kappa shape index (κ1) is 15.7. The monoisotopic (exact) mass is 318 g/mol. The van der Waals surface area contributed by atoms with Crippen LogP contribution in [-0.2, 0) is 9.53 Å². The number of hydrogen-bond acceptors (Lipinski definition) is 3. The van der Waals surface area contributed by atoms with Crippen molar-refractivity contribution in [3.63, 3.8) is 0 Å². The summed E-state index contributed by atoms with van der Waals surface area (Å²) in [6, 6.07) is 14.5. The van der Waals surface area contributed by atoms with Crippen molar-refractivity contribution in [3.05, 3.63) is 78.4 Å². The molecule has 4 nitrogen and oxygen atoms in total. The molecule has 120 valence electrons. The van der Waals surface area contributed by atoms with E-state index in [1.807, 2.05) is 16.8 Å². The molecule has 0 radical (unpaired) electrons. The minimum Gasteiger partial charge on any atom is -0.466 e. The third-order valence-corrected chi connectivity index (χ3v) is 3.84. The van der Waals surface area contributed by atoms with Gasteiger partial charge in [-0.25, -0.2) is 9.78 Å². The van der Waals surface area contributed by atoms with Crippen LogP contribution in [-0.4, -0.2) is 22.6 Å². The zero-order valence-corrected chi connectivity index (χ0v) is 13.6. The Balaban J connectivity index is 1.84. The van der Waals surface area contributed by atoms with Crippen LogP contribution in [0.1, 0.15) is 11.1 Å². The summed E-state index contributed by atoms with van der Waals surface area (Å²) in [7, 11) is 1.37. The second-order valence-corrected chi connectivity index (χ2v) is 5.45. The third-order valence-electron chi connectivity index (χ3n) is 3.84. The van der Waals surface area contributed by atoms with Crippen molar-refractivity contribution in [2.75, 3.05) is 7.11 Å². The highest BCUT2D eigenvalue weighted by Crippen LogP contribution is 2.25. The number of methoxy groups -OCH3 is 1. The lowest BCUT2D eigenvalue weighted by molar-refractivity contribution is -0.134. The highest BCUT2D eigenvalue weighted by Gasteiger charge is 2.04. The normalized spacial score (nSPS) is 10.9. The number of aryl methyl sites for hydroxylation is 1. The lowest BCUT2D eigenvalue weighted by Crippen LogP contribution is -1.93. The smallest absolute Gasteiger partial charge is 0.330 e. The predicted octanol–water partition coefficient (Wildman–Crippen LogP) is 4.03. The summed E-state index contributed by atoms with van der Waals surface area (Å²) in [5.41, 5.74) is 5.52. The Labute approximate surface area is 141 Å². The van der Waals surface area contributed by atoms with Crippen molar-refractivity contribution in [2.24, 2.45) is 0 Å². The number of carbonyl (C=O) groups is 1. The molecule has 3 rings (SSSR count). The molecule has 0 spiro atoms. The largest absolute Gasteiger partial charge is 0.466 e. The van der Waals surface area contributed by atoms with E-state index in [9.17, 15) is 4.79 Å². The molecule has 0 atom stereocenters. The number of esters is 1. The first-order chi connectivity index (χ1) is 11.7. The Morgan fingerprint density at radius 3 is 2.58 bits per heavy atom. The number of imidazole rings is 1. The molecular weight excluding hydrogens is 300 g/mol. The zero-order valence-electron chi connectivity index (χ0n) is 13.6. The van der Waals surface area contributed by atoms with Gasteiger partial charge in [0.05, 0.1) is 13.4 Å². The van der Waals surface area contributed by atoms with E-state index < -0.39 is 0 Å². The van der Waals surface area contributed by atoms with E-state index in [1.165, 1.54) is 18.7 Å². The van der Waals surface area contributed by atoms with Gasteiger partial charge in [-0.15, -0.1) is 0 Å². The van der Waals surface area contributed by atoms with Gasteiger partial charge in [0.15, 0.2) is 0 Å². The van der Waals surface area contributed by atoms with E-state index in [2.05, 4.69) is 53.0 Å². The molecule has 0 aliphatic rings. The topological polar surface area (TPSA) is 44.1 Å². The number of aromatic nitrogens is 2. The van der Waals surface area contributed by atoms with Crippen LogP contribution in [0.25, 0.3) is 22.9 Å². The maximum absolute atomic E-state index is 11.2. The summed E-state index contributed by atoms with van der Waals surface area (Å²) in [5, 5.41) is 0. The third kappa shape index (κ3) is 3.43. The van der Waals surface area contributed by atoms with Crippen molar-refractivity contribution in [1.82, 2.24) is 9.55 Å². The number of ether oxygens (including phenoxy) is 1. The van der Waals surface area contributed by atoms with Crippen molar-refractivity contribution < 1.29 is 9.53 Å². The van der Waals surface area contributed by atoms with Gasteiger partial charge in [-0.05, 0) is 47.4 Å². The standard InChI is InChI=1S/C20H18N2O2/c1-15-13-16(4-10-20(23)24-2)3-9-19(15)17-5-7-18(8-6-17)22-12-11-21-14-22/h3-14H,1-2H3/b10-4+. The molecule has 2 aromatic carbocycles. The molecule has 4 heteroatoms. The Hall–Kier alpha value is -3.14. The maximum Gasteiger partial charge on any atom is 0.330 e. The molecule has 0 saturated carbocycles. The molecule has 1 heterocycles. The lowest BCUT2D eigenvalue weighted by atomic mass is 9.98. The quantitative estimate of drug-likeness (QED) is 0.539. The van der Waals surface area contributed by atoms with Crippen LogP contribution in [0.3, 0.4) is 0 Å². The SMILES string of the molecule is COC(=O)/C=C/c1ccc(-c2ccc(-n3ccnc3)cc2)c(C)c1. The minimum absolute atomic E-state index is 0.355. The van der Waals surface area contributed by atoms with Gasteiger partial charge in [0.25, 0.3) is 0 Å². The Kier molecular flexibility index (Phi) is 4.57. The number of nitrogens with zero attached hydrogens (tertiary/aromatic N) is 2. The first-order valence-electron chi connectivity index (χ1n) is 7.63. The Morgan fingerprint density at radius 2 is 1.96 bits per heavy atom. The molecule has 0 saturated heterocycles. The van der Waals surface area contributed by atoms with E-state index in [0.29, 0.717) is 0 Å². The van der Waals surface area contributed by atoms with Crippen LogP contribution in [0, 0.1) is 6.92 Å². The summed E-state index contributed by atoms with van der Waals surface area (Å²) in [6.07, 6.45) is 8.64. The van der Waals surface area contributed by atoms with Gasteiger partial charge >= 0.3 is 5.97 Å². The number of carbonyl (C=O) groups excluding carboxylic acids is 1. The summed E-state index contributed by atoms with van der Waals surface area (Å²) >= 11 is 0. The molecule has 0 N–H and O–H groups in total. The van der Waals surface area contributed by atoms with E-state index in [1.54, 1.807) is 18.6 Å². The predicted molar refractivity (Wildman–Crippen MR) is 94.8 cm³/mol. The van der Waals surface area contributed by atoms with Crippen molar-refractivity contribution in [1.29, 1.82) is 0 Å². The second-order valence-electron chi connectivity index (χ2n) is 5.45. The second kappa shape index (κ2) is 6.96. The Morgan fingerprint density at radius 1 is 1.17 bits per heavy atom. The van der Waals surface area contributed by atoms with Crippen LogP contribution >= 0.6 is 0 Å². The zero-order chi connectivity index (χ0) is 16.9. The van der Waals surface area contributed by atoms with Crippen LogP contribution in [0.2, 0.25) is 0 Å². The van der Waals surface area contributed by atoms with Gasteiger partial charge in [-0.3, -0.25) is 0 Å². The van der Waals surface area contributed by atoms with Crippen LogP contribution in [0.15, 0.2) is 67.3 Å². The fourth-order valence-corrected chi connectivity index (χ4v) is 2.57. The van der Waals surface area contributed by atoms with Gasteiger partial charge in [0.2, 0.25) is 0 Å².